The SMILES string of the molecule is Cn1cnc2cc(Br)c(O)cc2c1=O. The summed E-state index contributed by atoms with van der Waals surface area (Å²) in [6.07, 6.45) is 1.45. The molecule has 0 bridgehead atoms. The van der Waals surface area contributed by atoms with Gasteiger partial charge < -0.3 is 9.67 Å². The van der Waals surface area contributed by atoms with Crippen LogP contribution in [-0.2, 0) is 7.05 Å². The van der Waals surface area contributed by atoms with E-state index in [0.29, 0.717) is 15.4 Å². The minimum atomic E-state index is -0.169. The number of nitrogens with zero attached hydrogens (tertiary/aromatic N) is 2. The Morgan fingerprint density at radius 3 is 2.93 bits per heavy atom. The van der Waals surface area contributed by atoms with Crippen molar-refractivity contribution in [1.29, 1.82) is 0 Å². The Labute approximate surface area is 88.0 Å². The Morgan fingerprint density at radius 2 is 2.21 bits per heavy atom. The van der Waals surface area contributed by atoms with Gasteiger partial charge in [-0.1, -0.05) is 0 Å². The maximum atomic E-state index is 11.6. The average molecular weight is 255 g/mol. The molecule has 0 radical (unpaired) electrons. The van der Waals surface area contributed by atoms with E-state index in [1.807, 2.05) is 0 Å². The fraction of sp³-hybridized carbons (Fsp3) is 0.111. The van der Waals surface area contributed by atoms with Gasteiger partial charge in [0.1, 0.15) is 5.75 Å². The quantitative estimate of drug-likeness (QED) is 0.774. The number of fused-ring (bicyclic) bond motifs is 1. The van der Waals surface area contributed by atoms with Gasteiger partial charge in [-0.05, 0) is 28.1 Å². The van der Waals surface area contributed by atoms with Crippen molar-refractivity contribution in [2.45, 2.75) is 0 Å². The summed E-state index contributed by atoms with van der Waals surface area (Å²) >= 11 is 3.16. The second kappa shape index (κ2) is 3.09. The van der Waals surface area contributed by atoms with E-state index in [1.54, 1.807) is 13.1 Å². The molecule has 0 aliphatic carbocycles. The first-order valence-electron chi connectivity index (χ1n) is 3.93. The van der Waals surface area contributed by atoms with Gasteiger partial charge in [0.2, 0.25) is 0 Å². The molecule has 0 aliphatic heterocycles. The van der Waals surface area contributed by atoms with Gasteiger partial charge in [-0.25, -0.2) is 4.98 Å². The highest BCUT2D eigenvalue weighted by Crippen LogP contribution is 2.26. The van der Waals surface area contributed by atoms with Gasteiger partial charge in [0, 0.05) is 7.05 Å². The summed E-state index contributed by atoms with van der Waals surface area (Å²) in [5.41, 5.74) is 0.399. The van der Waals surface area contributed by atoms with Crippen LogP contribution in [0, 0.1) is 0 Å². The number of phenols is 1. The zero-order valence-corrected chi connectivity index (χ0v) is 8.95. The Kier molecular flexibility index (Phi) is 2.03. The predicted molar refractivity (Wildman–Crippen MR) is 56.3 cm³/mol. The van der Waals surface area contributed by atoms with Gasteiger partial charge in [-0.3, -0.25) is 4.79 Å². The van der Waals surface area contributed by atoms with E-state index < -0.39 is 0 Å². The van der Waals surface area contributed by atoms with Crippen LogP contribution < -0.4 is 5.56 Å². The van der Waals surface area contributed by atoms with Crippen molar-refractivity contribution in [3.8, 4) is 5.75 Å². The van der Waals surface area contributed by atoms with Crippen LogP contribution in [0.15, 0.2) is 27.7 Å². The van der Waals surface area contributed by atoms with Crippen LogP contribution in [-0.4, -0.2) is 14.7 Å². The third-order valence-electron chi connectivity index (χ3n) is 1.99. The molecular formula is C9H7BrN2O2. The lowest BCUT2D eigenvalue weighted by Crippen LogP contribution is -2.16. The van der Waals surface area contributed by atoms with Crippen LogP contribution in [0.2, 0.25) is 0 Å². The Morgan fingerprint density at radius 1 is 1.50 bits per heavy atom. The number of phenolic OH excluding ortho intramolecular Hbond substituents is 1. The zero-order chi connectivity index (χ0) is 10.3. The maximum Gasteiger partial charge on any atom is 0.261 e. The summed E-state index contributed by atoms with van der Waals surface area (Å²) in [4.78, 5) is 15.7. The van der Waals surface area contributed by atoms with Gasteiger partial charge in [-0.15, -0.1) is 0 Å². The van der Waals surface area contributed by atoms with Crippen molar-refractivity contribution in [3.63, 3.8) is 0 Å². The molecule has 14 heavy (non-hydrogen) atoms. The molecule has 72 valence electrons. The smallest absolute Gasteiger partial charge is 0.261 e. The van der Waals surface area contributed by atoms with Crippen LogP contribution in [0.5, 0.6) is 5.75 Å². The van der Waals surface area contributed by atoms with E-state index in [0.717, 1.165) is 0 Å². The van der Waals surface area contributed by atoms with Crippen molar-refractivity contribution in [1.82, 2.24) is 9.55 Å². The van der Waals surface area contributed by atoms with Crippen LogP contribution in [0.4, 0.5) is 0 Å². The van der Waals surface area contributed by atoms with Crippen molar-refractivity contribution in [3.05, 3.63) is 33.3 Å². The fourth-order valence-corrected chi connectivity index (χ4v) is 1.55. The van der Waals surface area contributed by atoms with E-state index in [4.69, 9.17) is 0 Å². The second-order valence-corrected chi connectivity index (χ2v) is 3.84. The van der Waals surface area contributed by atoms with E-state index >= 15 is 0 Å². The lowest BCUT2D eigenvalue weighted by Gasteiger charge is -2.02. The number of aryl methyl sites for hydroxylation is 1. The summed E-state index contributed by atoms with van der Waals surface area (Å²) in [6, 6.07) is 3.03. The monoisotopic (exact) mass is 254 g/mol. The molecule has 0 saturated carbocycles. The summed E-state index contributed by atoms with van der Waals surface area (Å²) < 4.78 is 1.90. The molecule has 1 N–H and O–H groups in total. The highest BCUT2D eigenvalue weighted by molar-refractivity contribution is 9.10. The molecule has 0 amide bonds. The Balaban J connectivity index is 2.97. The molecule has 4 nitrogen and oxygen atoms in total. The number of hydrogen-bond acceptors (Lipinski definition) is 3. The van der Waals surface area contributed by atoms with Crippen molar-refractivity contribution in [2.24, 2.45) is 7.05 Å². The first-order valence-corrected chi connectivity index (χ1v) is 4.73. The van der Waals surface area contributed by atoms with Crippen molar-refractivity contribution < 1.29 is 5.11 Å². The molecule has 1 aromatic heterocycles. The number of aromatic nitrogens is 2. The number of rotatable bonds is 0. The minimum Gasteiger partial charge on any atom is -0.507 e. The van der Waals surface area contributed by atoms with Crippen LogP contribution in [0.25, 0.3) is 10.9 Å². The van der Waals surface area contributed by atoms with Crippen LogP contribution >= 0.6 is 15.9 Å². The molecule has 0 atom stereocenters. The summed E-state index contributed by atoms with van der Waals surface area (Å²) in [7, 11) is 1.62. The van der Waals surface area contributed by atoms with E-state index in [1.165, 1.54) is 17.0 Å². The van der Waals surface area contributed by atoms with E-state index in [9.17, 15) is 9.90 Å². The highest BCUT2D eigenvalue weighted by Gasteiger charge is 2.05. The van der Waals surface area contributed by atoms with Gasteiger partial charge >= 0.3 is 0 Å². The Bertz CT molecular complexity index is 562. The Hall–Kier alpha value is -1.36. The minimum absolute atomic E-state index is 0.0441. The highest BCUT2D eigenvalue weighted by atomic mass is 79.9. The summed E-state index contributed by atoms with van der Waals surface area (Å²) in [5.74, 6) is 0.0441. The fourth-order valence-electron chi connectivity index (χ4n) is 1.22. The predicted octanol–water partition coefficient (Wildman–Crippen LogP) is 1.40. The molecule has 0 aliphatic rings. The molecular weight excluding hydrogens is 248 g/mol. The first-order chi connectivity index (χ1) is 6.59. The zero-order valence-electron chi connectivity index (χ0n) is 7.36. The van der Waals surface area contributed by atoms with Crippen LogP contribution in [0.3, 0.4) is 0 Å². The van der Waals surface area contributed by atoms with Crippen LogP contribution in [0.1, 0.15) is 0 Å². The van der Waals surface area contributed by atoms with E-state index in [-0.39, 0.29) is 11.3 Å². The first kappa shape index (κ1) is 9.21. The molecule has 0 saturated heterocycles. The average Bonchev–Trinajstić information content (AvgIpc) is 2.15. The molecule has 0 fully saturated rings. The van der Waals surface area contributed by atoms with Gasteiger partial charge in [-0.2, -0.15) is 0 Å². The molecule has 2 rings (SSSR count). The molecule has 2 aromatic rings. The second-order valence-electron chi connectivity index (χ2n) is 2.98. The maximum absolute atomic E-state index is 11.6. The standard InChI is InChI=1S/C9H7BrN2O2/c1-12-4-11-7-3-6(10)8(13)2-5(7)9(12)14/h2-4,13H,1H3. The number of benzene rings is 1. The lowest BCUT2D eigenvalue weighted by atomic mass is 10.2. The third kappa shape index (κ3) is 1.29. The molecule has 1 aromatic carbocycles. The van der Waals surface area contributed by atoms with Gasteiger partial charge in [0.15, 0.2) is 0 Å². The lowest BCUT2D eigenvalue weighted by molar-refractivity contribution is 0.472. The topological polar surface area (TPSA) is 55.1 Å². The molecule has 1 heterocycles. The summed E-state index contributed by atoms with van der Waals surface area (Å²) in [6.45, 7) is 0. The number of aromatic hydroxyl groups is 1. The molecule has 0 unspecified atom stereocenters. The molecule has 0 spiro atoms. The van der Waals surface area contributed by atoms with Gasteiger partial charge in [0.05, 0.1) is 21.7 Å². The molecule has 5 heteroatoms. The van der Waals surface area contributed by atoms with Gasteiger partial charge in [0.25, 0.3) is 5.56 Å². The normalized spacial score (nSPS) is 10.7. The summed E-state index contributed by atoms with van der Waals surface area (Å²) in [5, 5.41) is 9.82. The third-order valence-corrected chi connectivity index (χ3v) is 2.62. The number of halogens is 1. The van der Waals surface area contributed by atoms with Crippen molar-refractivity contribution >= 4 is 26.8 Å². The van der Waals surface area contributed by atoms with E-state index in [2.05, 4.69) is 20.9 Å². The van der Waals surface area contributed by atoms with Crippen molar-refractivity contribution in [2.75, 3.05) is 0 Å². The number of hydrogen-bond donors (Lipinski definition) is 1. The largest absolute Gasteiger partial charge is 0.507 e.